The van der Waals surface area contributed by atoms with Gasteiger partial charge in [-0.15, -0.1) is 16.7 Å². The molecule has 1 heterocycles. The minimum atomic E-state index is 0.305. The second-order valence-electron chi connectivity index (χ2n) is 3.89. The van der Waals surface area contributed by atoms with E-state index in [0.717, 1.165) is 16.8 Å². The van der Waals surface area contributed by atoms with Crippen LogP contribution in [0.2, 0.25) is 0 Å². The molecule has 2 aromatic rings. The van der Waals surface area contributed by atoms with Crippen LogP contribution in [0.4, 0.5) is 0 Å². The standard InChI is InChI=1S/C11H13ClN4/c1-7-4-8(2)11(9(3)5-7)16-10(6-12)13-14-15-16/h4-5H,6H2,1-3H3. The Kier molecular flexibility index (Phi) is 2.92. The van der Waals surface area contributed by atoms with Crippen LogP contribution in [0.1, 0.15) is 22.5 Å². The molecule has 0 saturated carbocycles. The van der Waals surface area contributed by atoms with Crippen molar-refractivity contribution in [1.82, 2.24) is 20.2 Å². The lowest BCUT2D eigenvalue weighted by Crippen LogP contribution is -2.06. The van der Waals surface area contributed by atoms with Gasteiger partial charge >= 0.3 is 0 Å². The van der Waals surface area contributed by atoms with Crippen LogP contribution < -0.4 is 0 Å². The molecule has 0 amide bonds. The normalized spacial score (nSPS) is 10.8. The van der Waals surface area contributed by atoms with Crippen LogP contribution in [0, 0.1) is 20.8 Å². The molecule has 16 heavy (non-hydrogen) atoms. The van der Waals surface area contributed by atoms with Gasteiger partial charge < -0.3 is 0 Å². The van der Waals surface area contributed by atoms with Gasteiger partial charge in [-0.1, -0.05) is 17.7 Å². The first kappa shape index (κ1) is 11.1. The summed E-state index contributed by atoms with van der Waals surface area (Å²) in [5.74, 6) is 0.969. The molecule has 0 aliphatic carbocycles. The molecule has 1 aromatic heterocycles. The second kappa shape index (κ2) is 4.22. The monoisotopic (exact) mass is 236 g/mol. The highest BCUT2D eigenvalue weighted by molar-refractivity contribution is 6.16. The average molecular weight is 237 g/mol. The van der Waals surface area contributed by atoms with E-state index in [0.29, 0.717) is 11.7 Å². The Bertz CT molecular complexity index is 495. The molecule has 0 spiro atoms. The molecule has 0 saturated heterocycles. The third-order valence-corrected chi connectivity index (χ3v) is 2.74. The Hall–Kier alpha value is -1.42. The van der Waals surface area contributed by atoms with Gasteiger partial charge in [0.1, 0.15) is 0 Å². The van der Waals surface area contributed by atoms with Gasteiger partial charge in [0.2, 0.25) is 0 Å². The van der Waals surface area contributed by atoms with E-state index in [1.165, 1.54) is 5.56 Å². The van der Waals surface area contributed by atoms with E-state index in [4.69, 9.17) is 11.6 Å². The van der Waals surface area contributed by atoms with Crippen LogP contribution in [-0.2, 0) is 5.88 Å². The summed E-state index contributed by atoms with van der Waals surface area (Å²) < 4.78 is 1.71. The van der Waals surface area contributed by atoms with Crippen LogP contribution in [-0.4, -0.2) is 20.2 Å². The van der Waals surface area contributed by atoms with Crippen molar-refractivity contribution in [3.8, 4) is 5.69 Å². The minimum Gasteiger partial charge on any atom is -0.196 e. The minimum absolute atomic E-state index is 0.305. The number of benzene rings is 1. The van der Waals surface area contributed by atoms with Crippen molar-refractivity contribution in [3.05, 3.63) is 34.6 Å². The van der Waals surface area contributed by atoms with Crippen LogP contribution >= 0.6 is 11.6 Å². The third-order valence-electron chi connectivity index (χ3n) is 2.50. The predicted molar refractivity (Wildman–Crippen MR) is 62.9 cm³/mol. The molecule has 0 aliphatic heterocycles. The van der Waals surface area contributed by atoms with Crippen molar-refractivity contribution in [3.63, 3.8) is 0 Å². The van der Waals surface area contributed by atoms with E-state index in [2.05, 4.69) is 48.4 Å². The van der Waals surface area contributed by atoms with Crippen molar-refractivity contribution >= 4 is 11.6 Å². The van der Waals surface area contributed by atoms with Crippen LogP contribution in [0.5, 0.6) is 0 Å². The highest BCUT2D eigenvalue weighted by atomic mass is 35.5. The van der Waals surface area contributed by atoms with Crippen molar-refractivity contribution in [1.29, 1.82) is 0 Å². The van der Waals surface area contributed by atoms with Gasteiger partial charge in [0.25, 0.3) is 0 Å². The summed E-state index contributed by atoms with van der Waals surface area (Å²) >= 11 is 5.80. The molecule has 1 aromatic carbocycles. The lowest BCUT2D eigenvalue weighted by atomic mass is 10.1. The van der Waals surface area contributed by atoms with Gasteiger partial charge in [0.15, 0.2) is 5.82 Å². The van der Waals surface area contributed by atoms with Gasteiger partial charge in [-0.2, -0.15) is 4.68 Å². The molecule has 84 valence electrons. The van der Waals surface area contributed by atoms with E-state index in [1.807, 2.05) is 0 Å². The Morgan fingerprint density at radius 2 is 1.81 bits per heavy atom. The predicted octanol–water partition coefficient (Wildman–Crippen LogP) is 2.33. The topological polar surface area (TPSA) is 43.6 Å². The van der Waals surface area contributed by atoms with Crippen molar-refractivity contribution in [2.75, 3.05) is 0 Å². The smallest absolute Gasteiger partial charge is 0.171 e. The number of aromatic nitrogens is 4. The number of hydrogen-bond acceptors (Lipinski definition) is 3. The zero-order valence-corrected chi connectivity index (χ0v) is 10.3. The summed E-state index contributed by atoms with van der Waals surface area (Å²) in [7, 11) is 0. The summed E-state index contributed by atoms with van der Waals surface area (Å²) in [6.07, 6.45) is 0. The van der Waals surface area contributed by atoms with E-state index >= 15 is 0 Å². The molecular weight excluding hydrogens is 224 g/mol. The zero-order chi connectivity index (χ0) is 11.7. The highest BCUT2D eigenvalue weighted by Gasteiger charge is 2.12. The Morgan fingerprint density at radius 1 is 1.19 bits per heavy atom. The SMILES string of the molecule is Cc1cc(C)c(-n2nnnc2CCl)c(C)c1. The number of nitrogens with zero attached hydrogens (tertiary/aromatic N) is 4. The molecule has 0 N–H and O–H groups in total. The van der Waals surface area contributed by atoms with E-state index in [1.54, 1.807) is 4.68 Å². The first-order valence-corrected chi connectivity index (χ1v) is 5.58. The fraction of sp³-hybridized carbons (Fsp3) is 0.364. The fourth-order valence-electron chi connectivity index (χ4n) is 1.97. The number of rotatable bonds is 2. The van der Waals surface area contributed by atoms with Crippen molar-refractivity contribution in [2.45, 2.75) is 26.7 Å². The molecule has 4 nitrogen and oxygen atoms in total. The second-order valence-corrected chi connectivity index (χ2v) is 4.16. The zero-order valence-electron chi connectivity index (χ0n) is 9.53. The lowest BCUT2D eigenvalue weighted by Gasteiger charge is -2.11. The third kappa shape index (κ3) is 1.80. The Balaban J connectivity index is 2.64. The van der Waals surface area contributed by atoms with Gasteiger partial charge in [-0.05, 0) is 42.3 Å². The molecular formula is C11H13ClN4. The summed E-state index contributed by atoms with van der Waals surface area (Å²) in [5.41, 5.74) is 4.55. The molecule has 0 aliphatic rings. The van der Waals surface area contributed by atoms with Crippen LogP contribution in [0.15, 0.2) is 12.1 Å². The number of tetrazole rings is 1. The van der Waals surface area contributed by atoms with E-state index in [9.17, 15) is 0 Å². The number of hydrogen-bond donors (Lipinski definition) is 0. The van der Waals surface area contributed by atoms with Gasteiger partial charge in [0, 0.05) is 0 Å². The Labute approximate surface area is 99.2 Å². The van der Waals surface area contributed by atoms with Crippen LogP contribution in [0.25, 0.3) is 5.69 Å². The van der Waals surface area contributed by atoms with Crippen LogP contribution in [0.3, 0.4) is 0 Å². The molecule has 2 rings (SSSR count). The first-order valence-electron chi connectivity index (χ1n) is 5.05. The summed E-state index contributed by atoms with van der Waals surface area (Å²) in [5, 5.41) is 11.5. The van der Waals surface area contributed by atoms with Crippen molar-refractivity contribution in [2.24, 2.45) is 0 Å². The quantitative estimate of drug-likeness (QED) is 0.752. The molecule has 0 radical (unpaired) electrons. The largest absolute Gasteiger partial charge is 0.196 e. The maximum Gasteiger partial charge on any atom is 0.171 e. The number of halogens is 1. The van der Waals surface area contributed by atoms with Gasteiger partial charge in [-0.3, -0.25) is 0 Å². The average Bonchev–Trinajstić information content (AvgIpc) is 2.64. The summed E-state index contributed by atoms with van der Waals surface area (Å²) in [6, 6.07) is 4.23. The molecule has 0 unspecified atom stereocenters. The van der Waals surface area contributed by atoms with E-state index in [-0.39, 0.29) is 0 Å². The van der Waals surface area contributed by atoms with Gasteiger partial charge in [-0.25, -0.2) is 0 Å². The Morgan fingerprint density at radius 3 is 2.38 bits per heavy atom. The number of alkyl halides is 1. The van der Waals surface area contributed by atoms with Crippen molar-refractivity contribution < 1.29 is 0 Å². The lowest BCUT2D eigenvalue weighted by molar-refractivity contribution is 0.768. The van der Waals surface area contributed by atoms with E-state index < -0.39 is 0 Å². The highest BCUT2D eigenvalue weighted by Crippen LogP contribution is 2.21. The maximum atomic E-state index is 5.80. The molecule has 0 fully saturated rings. The van der Waals surface area contributed by atoms with Gasteiger partial charge in [0.05, 0.1) is 11.6 Å². The summed E-state index contributed by atoms with van der Waals surface area (Å²) in [4.78, 5) is 0. The summed E-state index contributed by atoms with van der Waals surface area (Å²) in [6.45, 7) is 6.18. The maximum absolute atomic E-state index is 5.80. The fourth-order valence-corrected chi connectivity index (χ4v) is 2.14. The number of aryl methyl sites for hydroxylation is 3. The molecule has 0 atom stereocenters. The first-order chi connectivity index (χ1) is 7.63. The molecule has 5 heteroatoms. The molecule has 0 bridgehead atoms.